The highest BCUT2D eigenvalue weighted by Gasteiger charge is 2.56. The number of methoxy groups -OCH3 is 1. The summed E-state index contributed by atoms with van der Waals surface area (Å²) < 4.78 is 19.8. The molecule has 0 bridgehead atoms. The topological polar surface area (TPSA) is 50.5 Å². The number of nitrogens with two attached hydrogens (primary N) is 1. The van der Waals surface area contributed by atoms with Gasteiger partial charge in [-0.15, -0.1) is 5.23 Å². The number of ether oxygens (including phenoxy) is 1. The zero-order valence-electron chi connectivity index (χ0n) is 12.0. The number of rotatable bonds is 3. The Morgan fingerprint density at radius 1 is 1.65 bits per heavy atom. The largest absolute Gasteiger partial charge is 0.495 e. The molecular weight excluding hydrogens is 257 g/mol. The normalized spacial score (nSPS) is 33.7. The van der Waals surface area contributed by atoms with Crippen molar-refractivity contribution in [3.8, 4) is 0 Å². The lowest BCUT2D eigenvalue weighted by Gasteiger charge is -2.41. The fraction of sp³-hybridized carbons (Fsp3) is 0.600. The van der Waals surface area contributed by atoms with Crippen LogP contribution in [0, 0.1) is 5.41 Å². The molecule has 0 radical (unpaired) electrons. The molecule has 3 rings (SSSR count). The van der Waals surface area contributed by atoms with Crippen LogP contribution in [-0.2, 0) is 4.74 Å². The number of hydrogen-bond donors (Lipinski definition) is 2. The molecule has 0 aromatic carbocycles. The van der Waals surface area contributed by atoms with Crippen LogP contribution in [0.3, 0.4) is 0 Å². The summed E-state index contributed by atoms with van der Waals surface area (Å²) in [6.45, 7) is 2.00. The third-order valence-electron chi connectivity index (χ3n) is 4.61. The molecule has 1 spiro atoms. The van der Waals surface area contributed by atoms with Crippen molar-refractivity contribution < 1.29 is 9.22 Å². The molecule has 0 saturated carbocycles. The SMILES string of the molecule is COC1=C2N(F)NC3CCC=C(CC(C)N)C23CC=C1. The highest BCUT2D eigenvalue weighted by molar-refractivity contribution is 5.44. The summed E-state index contributed by atoms with van der Waals surface area (Å²) in [5.41, 5.74) is 10.5. The van der Waals surface area contributed by atoms with Crippen LogP contribution in [0.15, 0.2) is 35.3 Å². The molecule has 5 heteroatoms. The summed E-state index contributed by atoms with van der Waals surface area (Å²) in [7, 11) is 1.59. The third kappa shape index (κ3) is 1.80. The van der Waals surface area contributed by atoms with Gasteiger partial charge < -0.3 is 10.5 Å². The zero-order valence-corrected chi connectivity index (χ0v) is 12.0. The molecule has 1 fully saturated rings. The second kappa shape index (κ2) is 4.90. The number of nitrogens with zero attached hydrogens (tertiary/aromatic N) is 1. The van der Waals surface area contributed by atoms with E-state index in [9.17, 15) is 4.48 Å². The molecule has 0 amide bonds. The van der Waals surface area contributed by atoms with Crippen LogP contribution in [0.25, 0.3) is 0 Å². The second-order valence-corrected chi connectivity index (χ2v) is 5.95. The molecule has 1 heterocycles. The van der Waals surface area contributed by atoms with E-state index < -0.39 is 0 Å². The predicted molar refractivity (Wildman–Crippen MR) is 75.7 cm³/mol. The van der Waals surface area contributed by atoms with Gasteiger partial charge in [0.05, 0.1) is 12.5 Å². The lowest BCUT2D eigenvalue weighted by molar-refractivity contribution is 0.0200. The number of halogens is 1. The van der Waals surface area contributed by atoms with Crippen molar-refractivity contribution in [2.24, 2.45) is 11.1 Å². The molecule has 1 saturated heterocycles. The van der Waals surface area contributed by atoms with Gasteiger partial charge in [-0.05, 0) is 38.7 Å². The smallest absolute Gasteiger partial charge is 0.143 e. The summed E-state index contributed by atoms with van der Waals surface area (Å²) in [4.78, 5) is 0. The van der Waals surface area contributed by atoms with Crippen molar-refractivity contribution >= 4 is 0 Å². The van der Waals surface area contributed by atoms with Gasteiger partial charge in [-0.3, -0.25) is 0 Å². The highest BCUT2D eigenvalue weighted by Crippen LogP contribution is 2.55. The van der Waals surface area contributed by atoms with Gasteiger partial charge in [0.15, 0.2) is 0 Å². The average Bonchev–Trinajstić information content (AvgIpc) is 2.72. The standard InChI is InChI=1S/C15H22FN3O/c1-10(17)9-11-5-3-7-13-15(11)8-4-6-12(20-2)14(15)19(16)18-13/h4-6,10,13,18H,3,7-9,17H2,1-2H3. The van der Waals surface area contributed by atoms with Crippen molar-refractivity contribution in [2.75, 3.05) is 7.11 Å². The van der Waals surface area contributed by atoms with Crippen LogP contribution >= 0.6 is 0 Å². The molecule has 3 atom stereocenters. The van der Waals surface area contributed by atoms with Gasteiger partial charge in [0, 0.05) is 12.1 Å². The van der Waals surface area contributed by atoms with Crippen molar-refractivity contribution in [1.29, 1.82) is 0 Å². The Labute approximate surface area is 119 Å². The van der Waals surface area contributed by atoms with Crippen LogP contribution in [0.4, 0.5) is 4.48 Å². The first-order valence-electron chi connectivity index (χ1n) is 7.22. The highest BCUT2D eigenvalue weighted by atomic mass is 19.2. The van der Waals surface area contributed by atoms with Gasteiger partial charge in [0.2, 0.25) is 0 Å². The zero-order chi connectivity index (χ0) is 14.3. The minimum absolute atomic E-state index is 0.0705. The van der Waals surface area contributed by atoms with E-state index in [-0.39, 0.29) is 17.5 Å². The van der Waals surface area contributed by atoms with E-state index >= 15 is 0 Å². The van der Waals surface area contributed by atoms with Gasteiger partial charge in [0.25, 0.3) is 0 Å². The quantitative estimate of drug-likeness (QED) is 0.615. The van der Waals surface area contributed by atoms with Gasteiger partial charge in [-0.25, -0.2) is 5.43 Å². The third-order valence-corrected chi connectivity index (χ3v) is 4.61. The van der Waals surface area contributed by atoms with Gasteiger partial charge >= 0.3 is 0 Å². The predicted octanol–water partition coefficient (Wildman–Crippen LogP) is 2.32. The first-order valence-corrected chi connectivity index (χ1v) is 7.22. The summed E-state index contributed by atoms with van der Waals surface area (Å²) in [5.74, 6) is 0.603. The Bertz CT molecular complexity index is 497. The number of allylic oxidation sites excluding steroid dienone is 3. The van der Waals surface area contributed by atoms with Gasteiger partial charge in [-0.1, -0.05) is 22.2 Å². The molecule has 0 aromatic rings. The maximum atomic E-state index is 14.4. The Hall–Kier alpha value is -1.33. The molecule has 3 unspecified atom stereocenters. The first-order chi connectivity index (χ1) is 9.59. The van der Waals surface area contributed by atoms with Crippen molar-refractivity contribution in [3.05, 3.63) is 35.3 Å². The molecular formula is C15H22FN3O. The van der Waals surface area contributed by atoms with Crippen LogP contribution in [0.5, 0.6) is 0 Å². The summed E-state index contributed by atoms with van der Waals surface area (Å²) in [6, 6.07) is 0.150. The Balaban J connectivity index is 2.11. The summed E-state index contributed by atoms with van der Waals surface area (Å²) >= 11 is 0. The number of hydrazine groups is 1. The fourth-order valence-corrected chi connectivity index (χ4v) is 3.84. The van der Waals surface area contributed by atoms with Crippen LogP contribution in [-0.4, -0.2) is 24.4 Å². The second-order valence-electron chi connectivity index (χ2n) is 5.95. The monoisotopic (exact) mass is 279 g/mol. The maximum Gasteiger partial charge on any atom is 0.143 e. The molecule has 4 nitrogen and oxygen atoms in total. The Kier molecular flexibility index (Phi) is 3.34. The van der Waals surface area contributed by atoms with Crippen molar-refractivity contribution in [1.82, 2.24) is 10.7 Å². The van der Waals surface area contributed by atoms with Crippen LogP contribution in [0.1, 0.15) is 32.6 Å². The van der Waals surface area contributed by atoms with E-state index in [4.69, 9.17) is 10.5 Å². The van der Waals surface area contributed by atoms with E-state index in [1.165, 1.54) is 5.57 Å². The molecule has 0 aromatic heterocycles. The lowest BCUT2D eigenvalue weighted by Crippen LogP contribution is -2.43. The summed E-state index contributed by atoms with van der Waals surface area (Å²) in [5, 5.41) is 0.660. The number of hydrogen-bond acceptors (Lipinski definition) is 4. The minimum atomic E-state index is -0.333. The minimum Gasteiger partial charge on any atom is -0.495 e. The number of nitrogens with one attached hydrogen (secondary N) is 1. The molecule has 20 heavy (non-hydrogen) atoms. The van der Waals surface area contributed by atoms with E-state index in [1.807, 2.05) is 13.0 Å². The van der Waals surface area contributed by atoms with E-state index in [1.54, 1.807) is 7.11 Å². The van der Waals surface area contributed by atoms with Crippen LogP contribution < -0.4 is 11.2 Å². The molecule has 110 valence electrons. The molecule has 2 aliphatic carbocycles. The average molecular weight is 279 g/mol. The van der Waals surface area contributed by atoms with Gasteiger partial charge in [-0.2, -0.15) is 0 Å². The van der Waals surface area contributed by atoms with E-state index in [0.29, 0.717) is 16.7 Å². The van der Waals surface area contributed by atoms with Crippen LogP contribution in [0.2, 0.25) is 0 Å². The maximum absolute atomic E-state index is 14.4. The Morgan fingerprint density at radius 2 is 2.45 bits per heavy atom. The summed E-state index contributed by atoms with van der Waals surface area (Å²) in [6.07, 6.45) is 9.66. The fourth-order valence-electron chi connectivity index (χ4n) is 3.84. The molecule has 1 aliphatic heterocycles. The van der Waals surface area contributed by atoms with Crippen molar-refractivity contribution in [2.45, 2.75) is 44.7 Å². The van der Waals surface area contributed by atoms with Gasteiger partial charge in [0.1, 0.15) is 11.5 Å². The lowest BCUT2D eigenvalue weighted by atomic mass is 9.63. The van der Waals surface area contributed by atoms with Crippen molar-refractivity contribution in [3.63, 3.8) is 0 Å². The molecule has 3 N–H and O–H groups in total. The van der Waals surface area contributed by atoms with E-state index in [2.05, 4.69) is 17.6 Å². The first kappa shape index (κ1) is 13.6. The Morgan fingerprint density at radius 3 is 3.15 bits per heavy atom. The molecule has 3 aliphatic rings. The van der Waals surface area contributed by atoms with E-state index in [0.717, 1.165) is 25.7 Å².